The molecule has 0 amide bonds. The number of hydrogen-bond donors (Lipinski definition) is 8. The van der Waals surface area contributed by atoms with Crippen molar-refractivity contribution in [2.75, 3.05) is 25.2 Å². The summed E-state index contributed by atoms with van der Waals surface area (Å²) in [4.78, 5) is 104. The molecule has 2 aliphatic rings. The van der Waals surface area contributed by atoms with E-state index in [0.29, 0.717) is 48.5 Å². The van der Waals surface area contributed by atoms with Crippen molar-refractivity contribution >= 4 is 58.2 Å². The minimum atomic E-state index is -4.35. The Morgan fingerprint density at radius 2 is 1.08 bits per heavy atom. The molecule has 20 nitrogen and oxygen atoms in total. The van der Waals surface area contributed by atoms with Gasteiger partial charge in [0.1, 0.15) is 30.5 Å². The van der Waals surface area contributed by atoms with Gasteiger partial charge in [0, 0.05) is 11.5 Å². The molecule has 300 valence electrons. The number of Topliss-reactive ketones (excluding diaryl/α,β-unsaturated/α-hetero) is 7. The van der Waals surface area contributed by atoms with Crippen molar-refractivity contribution < 1.29 is 98.2 Å². The summed E-state index contributed by atoms with van der Waals surface area (Å²) >= 11 is 1.06. The van der Waals surface area contributed by atoms with Gasteiger partial charge >= 0.3 is 5.97 Å². The maximum absolute atomic E-state index is 13.7. The Balaban J connectivity index is 3.14. The summed E-state index contributed by atoms with van der Waals surface area (Å²) in [6.07, 6.45) is -17.8. The first-order valence-electron chi connectivity index (χ1n) is 15.9. The summed E-state index contributed by atoms with van der Waals surface area (Å²) < 4.78 is 21.1. The summed E-state index contributed by atoms with van der Waals surface area (Å²) in [5.41, 5.74) is -25.2. The molecule has 2 unspecified atom stereocenters. The number of hydrogen-bond acceptors (Lipinski definition) is 21. The van der Waals surface area contributed by atoms with Gasteiger partial charge in [0.2, 0.25) is 5.60 Å². The van der Waals surface area contributed by atoms with Crippen LogP contribution in [0, 0.1) is 0 Å². The Hall–Kier alpha value is -2.93. The fraction of sp³-hybridized carbons (Fsp3) is 0.750. The lowest BCUT2D eigenvalue weighted by atomic mass is 9.51. The third-order valence-electron chi connectivity index (χ3n) is 9.96. The minimum absolute atomic E-state index is 0.0480. The molecule has 0 bridgehead atoms. The number of rotatable bonds is 17. The van der Waals surface area contributed by atoms with E-state index in [1.54, 1.807) is 0 Å². The van der Waals surface area contributed by atoms with Gasteiger partial charge in [0.15, 0.2) is 74.8 Å². The van der Waals surface area contributed by atoms with Crippen molar-refractivity contribution in [1.29, 1.82) is 0 Å². The van der Waals surface area contributed by atoms with Gasteiger partial charge in [-0.15, -0.1) is 0 Å². The molecule has 0 aromatic rings. The van der Waals surface area contributed by atoms with E-state index >= 15 is 0 Å². The Kier molecular flexibility index (Phi) is 14.0. The Labute approximate surface area is 306 Å². The second-order valence-corrected chi connectivity index (χ2v) is 14.3. The Bertz CT molecular complexity index is 1530. The summed E-state index contributed by atoms with van der Waals surface area (Å²) in [5.74, 6) is -12.2. The second kappa shape index (κ2) is 16.0. The van der Waals surface area contributed by atoms with Gasteiger partial charge in [0.25, 0.3) is 0 Å². The van der Waals surface area contributed by atoms with Crippen molar-refractivity contribution in [2.45, 2.75) is 125 Å². The maximum Gasteiger partial charge on any atom is 0.306 e. The summed E-state index contributed by atoms with van der Waals surface area (Å²) in [6.45, 7) is 3.03. The molecule has 2 rings (SSSR count). The van der Waals surface area contributed by atoms with E-state index in [9.17, 15) is 79.2 Å². The lowest BCUT2D eigenvalue weighted by molar-refractivity contribution is -0.426. The summed E-state index contributed by atoms with van der Waals surface area (Å²) in [7, 11) is 1.16. The molecule has 2 fully saturated rings. The molecule has 53 heavy (non-hydrogen) atoms. The molecular weight excluding hydrogens is 736 g/mol. The molecule has 21 heteroatoms. The van der Waals surface area contributed by atoms with E-state index < -0.39 is 123 Å². The van der Waals surface area contributed by atoms with Crippen molar-refractivity contribution in [3.05, 3.63) is 0 Å². The molecule has 0 saturated carbocycles. The lowest BCUT2D eigenvalue weighted by Crippen LogP contribution is -2.95. The van der Waals surface area contributed by atoms with Crippen LogP contribution in [0.3, 0.4) is 0 Å². The van der Waals surface area contributed by atoms with Crippen LogP contribution in [-0.4, -0.2) is 183 Å². The van der Waals surface area contributed by atoms with Crippen LogP contribution in [0.1, 0.15) is 54.9 Å². The van der Waals surface area contributed by atoms with E-state index in [4.69, 9.17) is 14.2 Å². The van der Waals surface area contributed by atoms with Gasteiger partial charge < -0.3 is 59.8 Å². The number of carbonyl (C=O) groups is 8. The summed E-state index contributed by atoms with van der Waals surface area (Å²) in [6, 6.07) is 0. The number of esters is 1. The molecule has 0 radical (unpaired) electrons. The van der Waals surface area contributed by atoms with Crippen LogP contribution in [0.25, 0.3) is 0 Å². The van der Waals surface area contributed by atoms with Crippen molar-refractivity contribution in [3.63, 3.8) is 0 Å². The predicted octanol–water partition coefficient (Wildman–Crippen LogP) is -4.98. The second-order valence-electron chi connectivity index (χ2n) is 13.1. The largest absolute Gasteiger partial charge is 0.469 e. The molecular formula is C32H46O20S. The van der Waals surface area contributed by atoms with Crippen LogP contribution in [0.5, 0.6) is 0 Å². The molecule has 12 atom stereocenters. The highest BCUT2D eigenvalue weighted by Crippen LogP contribution is 2.57. The lowest BCUT2D eigenvalue weighted by Gasteiger charge is -2.66. The number of carbonyl (C=O) groups excluding carboxylic acids is 8. The normalized spacial score (nSPS) is 38.3. The highest BCUT2D eigenvalue weighted by Gasteiger charge is 2.88. The van der Waals surface area contributed by atoms with E-state index in [1.165, 1.54) is 0 Å². The molecule has 0 aromatic carbocycles. The van der Waals surface area contributed by atoms with E-state index in [0.717, 1.165) is 18.9 Å². The minimum Gasteiger partial charge on any atom is -0.469 e. The number of ketones is 7. The van der Waals surface area contributed by atoms with Gasteiger partial charge in [0.05, 0.1) is 20.1 Å². The fourth-order valence-electron chi connectivity index (χ4n) is 6.99. The molecule has 2 aliphatic heterocycles. The maximum atomic E-state index is 13.7. The van der Waals surface area contributed by atoms with Gasteiger partial charge in [-0.2, -0.15) is 11.8 Å². The number of methoxy groups -OCH3 is 1. The zero-order valence-electron chi connectivity index (χ0n) is 30.2. The van der Waals surface area contributed by atoms with E-state index in [1.807, 2.05) is 0 Å². The zero-order valence-corrected chi connectivity index (χ0v) is 31.0. The van der Waals surface area contributed by atoms with Crippen molar-refractivity contribution in [1.82, 2.24) is 0 Å². The highest BCUT2D eigenvalue weighted by molar-refractivity contribution is 7.99. The van der Waals surface area contributed by atoms with Crippen LogP contribution in [-0.2, 0) is 57.3 Å². The fourth-order valence-corrected chi connectivity index (χ4v) is 7.72. The molecule has 2 saturated heterocycles. The average Bonchev–Trinajstić information content (AvgIpc) is 3.06. The molecule has 0 aromatic heterocycles. The van der Waals surface area contributed by atoms with E-state index in [-0.39, 0.29) is 17.9 Å². The smallest absolute Gasteiger partial charge is 0.306 e. The van der Waals surface area contributed by atoms with Gasteiger partial charge in [-0.3, -0.25) is 38.4 Å². The first-order valence-corrected chi connectivity index (χ1v) is 17.1. The van der Waals surface area contributed by atoms with Crippen molar-refractivity contribution in [2.24, 2.45) is 0 Å². The van der Waals surface area contributed by atoms with Crippen molar-refractivity contribution in [3.8, 4) is 0 Å². The number of aliphatic hydroxyl groups is 8. The molecule has 0 aliphatic carbocycles. The average molecular weight is 783 g/mol. The van der Waals surface area contributed by atoms with E-state index in [2.05, 4.69) is 4.74 Å². The standard InChI is InChI=1S/C32H46O20S/c1-13(33)21(41)23-27(43,15(3)35)31(47,18(6)38)28(44,16(4)36)25(51-23)30(46)24(22(42)14(2)34)52-26(50-10-12-53-11-9-20(40)49-8)29(45,17(5)37)32(30,48)19(7)39/h21-26,41-48H,9-12H2,1-8H3/t21?,22?,23-,24-,25-,26+,27+,28+,29+,30-,31+,32-/m1/s1. The SMILES string of the molecule is COC(=O)CCSCCO[C@H]1O[C@H](C(O)C(C)=O)[C@@](O)([C@@H]2O[C@H](C(O)C(C)=O)[C@@](O)(C(C)=O)[C@@](O)(C(C)=O)[C@]2(O)C(C)=O)[C@@](O)(C(C)=O)[C@]1(O)C(C)=O. The Morgan fingerprint density at radius 1 is 0.623 bits per heavy atom. The van der Waals surface area contributed by atoms with Crippen LogP contribution in [0.15, 0.2) is 0 Å². The van der Waals surface area contributed by atoms with Gasteiger partial charge in [-0.05, 0) is 48.5 Å². The van der Waals surface area contributed by atoms with Gasteiger partial charge in [-0.25, -0.2) is 0 Å². The van der Waals surface area contributed by atoms with Crippen LogP contribution in [0.4, 0.5) is 0 Å². The molecule has 2 heterocycles. The third-order valence-corrected chi connectivity index (χ3v) is 10.9. The molecule has 8 N–H and O–H groups in total. The summed E-state index contributed by atoms with van der Waals surface area (Å²) in [5, 5.41) is 95.6. The number of ether oxygens (including phenoxy) is 4. The Morgan fingerprint density at radius 3 is 1.47 bits per heavy atom. The van der Waals surface area contributed by atoms with Crippen LogP contribution in [0.2, 0.25) is 0 Å². The van der Waals surface area contributed by atoms with Crippen LogP contribution < -0.4 is 0 Å². The topological polar surface area (TPSA) is 335 Å². The quantitative estimate of drug-likeness (QED) is 0.0506. The van der Waals surface area contributed by atoms with Gasteiger partial charge in [-0.1, -0.05) is 0 Å². The first-order chi connectivity index (χ1) is 24.1. The zero-order chi connectivity index (χ0) is 41.4. The predicted molar refractivity (Wildman–Crippen MR) is 174 cm³/mol. The number of thioether (sulfide) groups is 1. The van der Waals surface area contributed by atoms with Crippen LogP contribution >= 0.6 is 11.8 Å². The first kappa shape index (κ1) is 46.2. The monoisotopic (exact) mass is 782 g/mol. The number of aliphatic hydroxyl groups excluding tert-OH is 2. The molecule has 0 spiro atoms. The third kappa shape index (κ3) is 6.63. The highest BCUT2D eigenvalue weighted by atomic mass is 32.2.